The minimum absolute atomic E-state index is 0.0960. The molecule has 0 bridgehead atoms. The summed E-state index contributed by atoms with van der Waals surface area (Å²) in [5, 5.41) is 0. The first-order valence-electron chi connectivity index (χ1n) is 12.9. The zero-order valence-corrected chi connectivity index (χ0v) is 25.1. The molecule has 188 valence electrons. The van der Waals surface area contributed by atoms with E-state index in [2.05, 4.69) is 62.3 Å². The van der Waals surface area contributed by atoms with Crippen LogP contribution >= 0.6 is 0 Å². The smallest absolute Gasteiger partial charge is 0.190 e. The van der Waals surface area contributed by atoms with Gasteiger partial charge in [0.15, 0.2) is 19.5 Å². The van der Waals surface area contributed by atoms with E-state index in [-0.39, 0.29) is 35.9 Å². The summed E-state index contributed by atoms with van der Waals surface area (Å²) in [6.07, 6.45) is 9.76. The highest BCUT2D eigenvalue weighted by Gasteiger charge is 2.37. The van der Waals surface area contributed by atoms with Crippen LogP contribution in [0.1, 0.15) is 114 Å². The molecule has 31 heavy (non-hydrogen) atoms. The lowest BCUT2D eigenvalue weighted by Crippen LogP contribution is -2.58. The zero-order chi connectivity index (χ0) is 23.9. The van der Waals surface area contributed by atoms with Crippen LogP contribution in [0.5, 0.6) is 0 Å². The summed E-state index contributed by atoms with van der Waals surface area (Å²) in [7, 11) is -1.52. The van der Waals surface area contributed by atoms with E-state index >= 15 is 0 Å². The van der Waals surface area contributed by atoms with Gasteiger partial charge in [0.1, 0.15) is 0 Å². The third-order valence-corrected chi connectivity index (χ3v) is 9.70. The van der Waals surface area contributed by atoms with Crippen LogP contribution in [0.15, 0.2) is 0 Å². The van der Waals surface area contributed by atoms with E-state index in [9.17, 15) is 0 Å². The Balaban J connectivity index is 4.97. The maximum atomic E-state index is 6.82. The van der Waals surface area contributed by atoms with E-state index in [0.717, 1.165) is 12.8 Å². The summed E-state index contributed by atoms with van der Waals surface area (Å²) in [6, 6.07) is 0. The molecule has 2 N–H and O–H groups in total. The van der Waals surface area contributed by atoms with Gasteiger partial charge in [-0.2, -0.15) is 0 Å². The Morgan fingerprint density at radius 1 is 0.677 bits per heavy atom. The number of nitrogens with two attached hydrogens (primary N) is 1. The van der Waals surface area contributed by atoms with Gasteiger partial charge < -0.3 is 24.1 Å². The molecule has 0 spiro atoms. The molecule has 0 amide bonds. The van der Waals surface area contributed by atoms with Crippen LogP contribution < -0.4 is 5.73 Å². The highest BCUT2D eigenvalue weighted by molar-refractivity contribution is 6.29. The van der Waals surface area contributed by atoms with Crippen molar-refractivity contribution in [2.45, 2.75) is 155 Å². The molecule has 0 aliphatic rings. The third-order valence-electron chi connectivity index (χ3n) is 6.04. The van der Waals surface area contributed by atoms with Gasteiger partial charge in [0.25, 0.3) is 0 Å². The fourth-order valence-corrected chi connectivity index (χ4v) is 6.27. The Hall–Kier alpha value is 0.234. The average molecular weight is 478 g/mol. The van der Waals surface area contributed by atoms with Gasteiger partial charge >= 0.3 is 0 Å². The first-order valence-corrected chi connectivity index (χ1v) is 15.7. The highest BCUT2D eigenvalue weighted by atomic mass is 28.2. The van der Waals surface area contributed by atoms with Crippen molar-refractivity contribution >= 4 is 19.5 Å². The molecule has 0 aliphatic carbocycles. The molecule has 0 radical (unpaired) electrons. The van der Waals surface area contributed by atoms with Crippen molar-refractivity contribution in [3.63, 3.8) is 0 Å². The van der Waals surface area contributed by atoms with Crippen LogP contribution in [0.2, 0.25) is 0 Å². The molecule has 4 atom stereocenters. The second-order valence-electron chi connectivity index (χ2n) is 9.92. The van der Waals surface area contributed by atoms with Gasteiger partial charge in [0, 0.05) is 12.2 Å². The molecule has 0 aliphatic heterocycles. The van der Waals surface area contributed by atoms with Crippen molar-refractivity contribution in [2.24, 2.45) is 5.73 Å². The standard InChI is InChI=1S/C24H55NO4Si2/c1-10-12-14-16-22(30-28-18(3)4)26-20(7)24(9,25)21(8)27-23(17-15-13-11-2)31-29-19(5)6/h18-23H,10-17,25,30-31H2,1-9H3. The van der Waals surface area contributed by atoms with Crippen molar-refractivity contribution in [3.05, 3.63) is 0 Å². The minimum Gasteiger partial charge on any atom is -0.419 e. The molecule has 0 saturated carbocycles. The minimum atomic E-state index is -0.760. The van der Waals surface area contributed by atoms with Crippen LogP contribution in [0.25, 0.3) is 0 Å². The van der Waals surface area contributed by atoms with Crippen LogP contribution in [-0.2, 0) is 18.3 Å². The molecule has 0 rings (SSSR count). The summed E-state index contributed by atoms with van der Waals surface area (Å²) in [4.78, 5) is 0. The first kappa shape index (κ1) is 31.2. The van der Waals surface area contributed by atoms with Crippen LogP contribution in [0, 0.1) is 0 Å². The van der Waals surface area contributed by atoms with Crippen molar-refractivity contribution in [3.8, 4) is 0 Å². The van der Waals surface area contributed by atoms with Gasteiger partial charge in [-0.25, -0.2) is 0 Å². The van der Waals surface area contributed by atoms with Gasteiger partial charge in [-0.15, -0.1) is 0 Å². The van der Waals surface area contributed by atoms with Crippen molar-refractivity contribution in [1.29, 1.82) is 0 Å². The fraction of sp³-hybridized carbons (Fsp3) is 1.00. The molecular weight excluding hydrogens is 422 g/mol. The zero-order valence-electron chi connectivity index (χ0n) is 22.2. The molecule has 0 saturated heterocycles. The summed E-state index contributed by atoms with van der Waals surface area (Å²) >= 11 is 0. The predicted molar refractivity (Wildman–Crippen MR) is 139 cm³/mol. The largest absolute Gasteiger partial charge is 0.419 e. The van der Waals surface area contributed by atoms with Gasteiger partial charge in [-0.3, -0.25) is 0 Å². The van der Waals surface area contributed by atoms with Crippen LogP contribution in [0.4, 0.5) is 0 Å². The number of hydrogen-bond acceptors (Lipinski definition) is 5. The lowest BCUT2D eigenvalue weighted by molar-refractivity contribution is -0.0846. The molecule has 0 heterocycles. The molecule has 4 unspecified atom stereocenters. The van der Waals surface area contributed by atoms with E-state index in [1.54, 1.807) is 0 Å². The van der Waals surface area contributed by atoms with E-state index in [1.165, 1.54) is 38.5 Å². The Morgan fingerprint density at radius 3 is 1.32 bits per heavy atom. The van der Waals surface area contributed by atoms with E-state index in [0.29, 0.717) is 0 Å². The molecule has 0 aromatic carbocycles. The number of unbranched alkanes of at least 4 members (excludes halogenated alkanes) is 4. The highest BCUT2D eigenvalue weighted by Crippen LogP contribution is 2.23. The van der Waals surface area contributed by atoms with E-state index in [4.69, 9.17) is 24.1 Å². The summed E-state index contributed by atoms with van der Waals surface area (Å²) < 4.78 is 25.1. The van der Waals surface area contributed by atoms with Crippen molar-refractivity contribution < 1.29 is 18.3 Å². The Morgan fingerprint density at radius 2 is 1.03 bits per heavy atom. The maximum absolute atomic E-state index is 6.82. The van der Waals surface area contributed by atoms with E-state index in [1.807, 2.05) is 0 Å². The number of hydrogen-bond donors (Lipinski definition) is 1. The second kappa shape index (κ2) is 17.7. The predicted octanol–water partition coefficient (Wildman–Crippen LogP) is 4.34. The monoisotopic (exact) mass is 477 g/mol. The molecule has 0 fully saturated rings. The average Bonchev–Trinajstić information content (AvgIpc) is 2.69. The van der Waals surface area contributed by atoms with Gasteiger partial charge in [-0.1, -0.05) is 52.4 Å². The van der Waals surface area contributed by atoms with Crippen molar-refractivity contribution in [1.82, 2.24) is 0 Å². The molecule has 5 nitrogen and oxygen atoms in total. The van der Waals surface area contributed by atoms with Crippen molar-refractivity contribution in [2.75, 3.05) is 0 Å². The van der Waals surface area contributed by atoms with Gasteiger partial charge in [0.2, 0.25) is 0 Å². The van der Waals surface area contributed by atoms with Crippen LogP contribution in [0.3, 0.4) is 0 Å². The molecule has 7 heteroatoms. The lowest BCUT2D eigenvalue weighted by atomic mass is 9.91. The Kier molecular flexibility index (Phi) is 17.8. The number of ether oxygens (including phenoxy) is 2. The molecular formula is C24H55NO4Si2. The quantitative estimate of drug-likeness (QED) is 0.209. The third kappa shape index (κ3) is 14.9. The first-order chi connectivity index (χ1) is 14.5. The lowest BCUT2D eigenvalue weighted by Gasteiger charge is -2.40. The maximum Gasteiger partial charge on any atom is 0.190 e. The summed E-state index contributed by atoms with van der Waals surface area (Å²) in [5.74, 6) is 0. The molecule has 0 aromatic heterocycles. The second-order valence-corrected chi connectivity index (χ2v) is 13.1. The van der Waals surface area contributed by atoms with Crippen LogP contribution in [-0.4, -0.2) is 60.9 Å². The topological polar surface area (TPSA) is 62.9 Å². The van der Waals surface area contributed by atoms with Gasteiger partial charge in [-0.05, 0) is 61.3 Å². The normalized spacial score (nSPS) is 19.0. The fourth-order valence-electron chi connectivity index (χ4n) is 3.43. The van der Waals surface area contributed by atoms with Gasteiger partial charge in [0.05, 0.1) is 29.2 Å². The summed E-state index contributed by atoms with van der Waals surface area (Å²) in [6.45, 7) is 19.2. The Labute approximate surface area is 198 Å². The molecule has 0 aromatic rings. The Bertz CT molecular complexity index is 388. The SMILES string of the molecule is CCCCCC(OC(C)C(C)(N)C(C)OC(CCCCC)[SiH2]OC(C)C)[SiH2]OC(C)C. The number of rotatable bonds is 20. The van der Waals surface area contributed by atoms with E-state index < -0.39 is 25.1 Å². The summed E-state index contributed by atoms with van der Waals surface area (Å²) in [5.41, 5.74) is 6.67.